The number of carbonyl (C=O) groups excluding carboxylic acids is 2. The van der Waals surface area contributed by atoms with Gasteiger partial charge in [-0.3, -0.25) is 9.59 Å². The molecule has 0 amide bonds. The highest BCUT2D eigenvalue weighted by molar-refractivity contribution is 6.07. The van der Waals surface area contributed by atoms with Gasteiger partial charge >= 0.3 is 0 Å². The van der Waals surface area contributed by atoms with Crippen molar-refractivity contribution in [3.8, 4) is 0 Å². The number of hydrogen-bond acceptors (Lipinski definition) is 2. The van der Waals surface area contributed by atoms with Crippen LogP contribution in [-0.2, 0) is 0 Å². The highest BCUT2D eigenvalue weighted by atomic mass is 16.1. The molecule has 0 fully saturated rings. The molecule has 2 nitrogen and oxygen atoms in total. The van der Waals surface area contributed by atoms with Crippen molar-refractivity contribution in [3.63, 3.8) is 0 Å². The Hall–Kier alpha value is -2.48. The van der Waals surface area contributed by atoms with Crippen LogP contribution in [0.3, 0.4) is 0 Å². The largest absolute Gasteiger partial charge is 0.289 e. The predicted molar refractivity (Wildman–Crippen MR) is 111 cm³/mol. The fourth-order valence-electron chi connectivity index (χ4n) is 2.27. The van der Waals surface area contributed by atoms with Crippen LogP contribution in [0.15, 0.2) is 72.9 Å². The van der Waals surface area contributed by atoms with Crippen LogP contribution in [0, 0.1) is 0 Å². The number of hydrogen-bond donors (Lipinski definition) is 0. The van der Waals surface area contributed by atoms with E-state index in [1.165, 1.54) is 12.8 Å². The van der Waals surface area contributed by atoms with Gasteiger partial charge in [0.05, 0.1) is 0 Å². The first-order chi connectivity index (χ1) is 12.7. The first-order valence-electron chi connectivity index (χ1n) is 9.54. The number of benzene rings is 1. The molecule has 0 aliphatic carbocycles. The van der Waals surface area contributed by atoms with Gasteiger partial charge in [-0.1, -0.05) is 100 Å². The fraction of sp³-hybridized carbons (Fsp3) is 0.333. The maximum Gasteiger partial charge on any atom is 0.185 e. The Morgan fingerprint density at radius 2 is 1.08 bits per heavy atom. The summed E-state index contributed by atoms with van der Waals surface area (Å²) < 4.78 is 0. The third-order valence-corrected chi connectivity index (χ3v) is 3.89. The van der Waals surface area contributed by atoms with E-state index in [-0.39, 0.29) is 11.6 Å². The Balaban J connectivity index is 2.53. The molecule has 0 aliphatic rings. The van der Waals surface area contributed by atoms with Crippen LogP contribution in [0.2, 0.25) is 0 Å². The molecule has 0 saturated carbocycles. The lowest BCUT2D eigenvalue weighted by Crippen LogP contribution is -1.98. The number of allylic oxidation sites excluding steroid dienone is 8. The Kier molecular flexibility index (Phi) is 11.4. The minimum absolute atomic E-state index is 0.0569. The van der Waals surface area contributed by atoms with E-state index in [9.17, 15) is 9.59 Å². The molecular weight excluding hydrogens is 320 g/mol. The van der Waals surface area contributed by atoms with E-state index in [0.717, 1.165) is 25.7 Å². The summed E-state index contributed by atoms with van der Waals surface area (Å²) in [6, 6.07) is 6.80. The molecule has 1 aromatic rings. The quantitative estimate of drug-likeness (QED) is 0.183. The smallest absolute Gasteiger partial charge is 0.185 e. The van der Waals surface area contributed by atoms with Crippen molar-refractivity contribution >= 4 is 11.6 Å². The molecule has 0 aliphatic heterocycles. The van der Waals surface area contributed by atoms with Crippen LogP contribution < -0.4 is 0 Å². The standard InChI is InChI=1S/C24H30O2/c1-3-5-7-9-11-13-15-23(25)21-17-19-22(20-18-21)24(26)16-14-12-10-8-6-4-2/h9-20H,3-8H2,1-2H3/b11-9+,12-10+,15-13+,16-14+. The van der Waals surface area contributed by atoms with Crippen molar-refractivity contribution < 1.29 is 9.59 Å². The monoisotopic (exact) mass is 350 g/mol. The lowest BCUT2D eigenvalue weighted by Gasteiger charge is -1.98. The summed E-state index contributed by atoms with van der Waals surface area (Å²) in [4.78, 5) is 24.2. The fourth-order valence-corrected chi connectivity index (χ4v) is 2.27. The lowest BCUT2D eigenvalue weighted by atomic mass is 10.0. The molecule has 26 heavy (non-hydrogen) atoms. The summed E-state index contributed by atoms with van der Waals surface area (Å²) >= 11 is 0. The second kappa shape index (κ2) is 13.8. The van der Waals surface area contributed by atoms with Crippen molar-refractivity contribution in [2.24, 2.45) is 0 Å². The molecule has 0 radical (unpaired) electrons. The van der Waals surface area contributed by atoms with Gasteiger partial charge in [-0.2, -0.15) is 0 Å². The van der Waals surface area contributed by atoms with Gasteiger partial charge in [0.1, 0.15) is 0 Å². The SMILES string of the molecule is CCCC/C=C/C=C/C(=O)c1ccc(C(=O)/C=C/C=C/CCCC)cc1. The maximum atomic E-state index is 12.1. The average Bonchev–Trinajstić information content (AvgIpc) is 2.67. The molecule has 0 unspecified atom stereocenters. The van der Waals surface area contributed by atoms with Crippen molar-refractivity contribution in [2.75, 3.05) is 0 Å². The summed E-state index contributed by atoms with van der Waals surface area (Å²) in [6.45, 7) is 4.31. The molecule has 2 heteroatoms. The molecule has 0 aromatic heterocycles. The summed E-state index contributed by atoms with van der Waals surface area (Å²) in [7, 11) is 0. The number of ketones is 2. The van der Waals surface area contributed by atoms with E-state index in [1.807, 2.05) is 12.2 Å². The van der Waals surface area contributed by atoms with Gasteiger partial charge in [-0.05, 0) is 25.0 Å². The zero-order valence-corrected chi connectivity index (χ0v) is 16.0. The molecule has 0 saturated heterocycles. The minimum Gasteiger partial charge on any atom is -0.289 e. The highest BCUT2D eigenvalue weighted by Crippen LogP contribution is 2.08. The predicted octanol–water partition coefficient (Wildman–Crippen LogP) is 6.66. The van der Waals surface area contributed by atoms with Gasteiger partial charge in [0.25, 0.3) is 0 Å². The van der Waals surface area contributed by atoms with Crippen LogP contribution in [0.4, 0.5) is 0 Å². The zero-order valence-electron chi connectivity index (χ0n) is 16.0. The second-order valence-electron chi connectivity index (χ2n) is 6.16. The molecule has 0 N–H and O–H groups in total. The Morgan fingerprint density at radius 3 is 1.42 bits per heavy atom. The van der Waals surface area contributed by atoms with Crippen LogP contribution in [-0.4, -0.2) is 11.6 Å². The van der Waals surface area contributed by atoms with Crippen LogP contribution in [0.1, 0.15) is 73.1 Å². The van der Waals surface area contributed by atoms with Crippen molar-refractivity contribution in [2.45, 2.75) is 52.4 Å². The maximum absolute atomic E-state index is 12.1. The molecule has 138 valence electrons. The van der Waals surface area contributed by atoms with Gasteiger partial charge in [0.2, 0.25) is 0 Å². The average molecular weight is 351 g/mol. The Morgan fingerprint density at radius 1 is 0.692 bits per heavy atom. The Bertz CT molecular complexity index is 599. The third kappa shape index (κ3) is 9.12. The molecule has 0 atom stereocenters. The van der Waals surface area contributed by atoms with Crippen LogP contribution in [0.25, 0.3) is 0 Å². The highest BCUT2D eigenvalue weighted by Gasteiger charge is 2.04. The molecule has 0 spiro atoms. The second-order valence-corrected chi connectivity index (χ2v) is 6.16. The Labute approximate surface area is 158 Å². The van der Waals surface area contributed by atoms with Crippen molar-refractivity contribution in [1.82, 2.24) is 0 Å². The van der Waals surface area contributed by atoms with Crippen molar-refractivity contribution in [1.29, 1.82) is 0 Å². The topological polar surface area (TPSA) is 34.1 Å². The first kappa shape index (κ1) is 21.6. The lowest BCUT2D eigenvalue weighted by molar-refractivity contribution is 0.103. The van der Waals surface area contributed by atoms with Gasteiger partial charge < -0.3 is 0 Å². The normalized spacial score (nSPS) is 12.1. The van der Waals surface area contributed by atoms with E-state index in [4.69, 9.17) is 0 Å². The molecule has 1 rings (SSSR count). The van der Waals surface area contributed by atoms with E-state index >= 15 is 0 Å². The summed E-state index contributed by atoms with van der Waals surface area (Å²) in [5.41, 5.74) is 1.17. The molecule has 0 bridgehead atoms. The van der Waals surface area contributed by atoms with Crippen LogP contribution >= 0.6 is 0 Å². The third-order valence-electron chi connectivity index (χ3n) is 3.89. The molecular formula is C24H30O2. The number of unbranched alkanes of at least 4 members (excludes halogenated alkanes) is 4. The van der Waals surface area contributed by atoms with E-state index in [0.29, 0.717) is 11.1 Å². The van der Waals surface area contributed by atoms with E-state index < -0.39 is 0 Å². The minimum atomic E-state index is -0.0569. The summed E-state index contributed by atoms with van der Waals surface area (Å²) in [5, 5.41) is 0. The van der Waals surface area contributed by atoms with Crippen molar-refractivity contribution in [3.05, 3.63) is 84.0 Å². The molecule has 1 aromatic carbocycles. The van der Waals surface area contributed by atoms with Crippen LogP contribution in [0.5, 0.6) is 0 Å². The van der Waals surface area contributed by atoms with E-state index in [1.54, 1.807) is 48.6 Å². The van der Waals surface area contributed by atoms with E-state index in [2.05, 4.69) is 26.0 Å². The number of rotatable bonds is 12. The van der Waals surface area contributed by atoms with Gasteiger partial charge in [0.15, 0.2) is 11.6 Å². The number of carbonyl (C=O) groups is 2. The van der Waals surface area contributed by atoms with Gasteiger partial charge in [-0.25, -0.2) is 0 Å². The summed E-state index contributed by atoms with van der Waals surface area (Å²) in [6.07, 6.45) is 21.3. The first-order valence-corrected chi connectivity index (χ1v) is 9.54. The van der Waals surface area contributed by atoms with Gasteiger partial charge in [-0.15, -0.1) is 0 Å². The summed E-state index contributed by atoms with van der Waals surface area (Å²) in [5.74, 6) is -0.114. The zero-order chi connectivity index (χ0) is 19.0. The molecule has 0 heterocycles. The van der Waals surface area contributed by atoms with Gasteiger partial charge in [0, 0.05) is 11.1 Å².